The quantitative estimate of drug-likeness (QED) is 0.453. The molecular weight excluding hydrogens is 250 g/mol. The Labute approximate surface area is 112 Å². The summed E-state index contributed by atoms with van der Waals surface area (Å²) < 4.78 is 31.4. The van der Waals surface area contributed by atoms with E-state index in [1.54, 1.807) is 0 Å². The van der Waals surface area contributed by atoms with E-state index in [1.165, 1.54) is 12.1 Å². The minimum absolute atomic E-state index is 0.0640. The number of rotatable bonds is 7. The summed E-state index contributed by atoms with van der Waals surface area (Å²) in [6.07, 6.45) is 2.27. The van der Waals surface area contributed by atoms with E-state index in [-0.39, 0.29) is 17.0 Å². The molecule has 3 nitrogen and oxygen atoms in total. The van der Waals surface area contributed by atoms with Crippen LogP contribution in [0, 0.1) is 22.5 Å². The number of benzene rings is 1. The largest absolute Gasteiger partial charge is 0.490 e. The fourth-order valence-corrected chi connectivity index (χ4v) is 1.58. The summed E-state index contributed by atoms with van der Waals surface area (Å²) in [6.45, 7) is 4.12. The topological polar surface area (TPSA) is 59.1 Å². The molecule has 0 heterocycles. The number of hydrogen-bond donors (Lipinski definition) is 2. The molecule has 0 radical (unpaired) electrons. The third-order valence-corrected chi connectivity index (χ3v) is 3.10. The van der Waals surface area contributed by atoms with Gasteiger partial charge in [0.1, 0.15) is 0 Å². The highest BCUT2D eigenvalue weighted by Gasteiger charge is 2.20. The van der Waals surface area contributed by atoms with E-state index >= 15 is 0 Å². The van der Waals surface area contributed by atoms with Crippen molar-refractivity contribution in [2.75, 3.05) is 6.61 Å². The van der Waals surface area contributed by atoms with E-state index in [4.69, 9.17) is 15.9 Å². The van der Waals surface area contributed by atoms with Crippen molar-refractivity contribution in [1.82, 2.24) is 0 Å². The van der Waals surface area contributed by atoms with Gasteiger partial charge in [0.25, 0.3) is 0 Å². The molecule has 0 amide bonds. The van der Waals surface area contributed by atoms with Gasteiger partial charge in [0.15, 0.2) is 11.6 Å². The Morgan fingerprint density at radius 3 is 2.63 bits per heavy atom. The van der Waals surface area contributed by atoms with Crippen molar-refractivity contribution < 1.29 is 13.5 Å². The second-order valence-electron chi connectivity index (χ2n) is 5.16. The van der Waals surface area contributed by atoms with Gasteiger partial charge in [0, 0.05) is 5.41 Å². The molecule has 0 saturated heterocycles. The Morgan fingerprint density at radius 1 is 1.32 bits per heavy atom. The fourth-order valence-electron chi connectivity index (χ4n) is 1.58. The first-order valence-electron chi connectivity index (χ1n) is 6.26. The molecule has 0 aliphatic heterocycles. The molecule has 0 saturated carbocycles. The summed E-state index contributed by atoms with van der Waals surface area (Å²) in [5, 5.41) is 7.42. The van der Waals surface area contributed by atoms with Crippen LogP contribution in [0.5, 0.6) is 5.75 Å². The standard InChI is InChI=1S/C14H20F2N2O/c1-14(2,13(17)18)8-3-4-9-19-11-7-5-6-10(15)12(11)16/h5-7H,3-4,8-9H2,1-2H3,(H3,17,18). The van der Waals surface area contributed by atoms with E-state index in [9.17, 15) is 8.78 Å². The minimum atomic E-state index is -0.952. The lowest BCUT2D eigenvalue weighted by Crippen LogP contribution is -2.30. The predicted molar refractivity (Wildman–Crippen MR) is 71.4 cm³/mol. The first-order valence-corrected chi connectivity index (χ1v) is 6.26. The maximum absolute atomic E-state index is 13.3. The van der Waals surface area contributed by atoms with Crippen LogP contribution in [0.3, 0.4) is 0 Å². The van der Waals surface area contributed by atoms with E-state index < -0.39 is 11.6 Å². The Balaban J connectivity index is 2.32. The van der Waals surface area contributed by atoms with Crippen LogP contribution in [-0.2, 0) is 0 Å². The first-order chi connectivity index (χ1) is 8.84. The minimum Gasteiger partial charge on any atom is -0.490 e. The average Bonchev–Trinajstić information content (AvgIpc) is 2.33. The molecule has 0 aromatic heterocycles. The molecular formula is C14H20F2N2O. The first kappa shape index (κ1) is 15.4. The van der Waals surface area contributed by atoms with Gasteiger partial charge in [-0.05, 0) is 31.4 Å². The van der Waals surface area contributed by atoms with Crippen molar-refractivity contribution in [3.63, 3.8) is 0 Å². The highest BCUT2D eigenvalue weighted by Crippen LogP contribution is 2.23. The lowest BCUT2D eigenvalue weighted by atomic mass is 9.86. The number of unbranched alkanes of at least 4 members (excludes halogenated alkanes) is 1. The van der Waals surface area contributed by atoms with E-state index in [2.05, 4.69) is 0 Å². The molecule has 0 aliphatic rings. The van der Waals surface area contributed by atoms with Crippen LogP contribution in [0.15, 0.2) is 18.2 Å². The SMILES string of the molecule is CC(C)(CCCCOc1cccc(F)c1F)C(=N)N. The Hall–Kier alpha value is -1.65. The Bertz CT molecular complexity index is 447. The molecule has 19 heavy (non-hydrogen) atoms. The van der Waals surface area contributed by atoms with Gasteiger partial charge in [-0.15, -0.1) is 0 Å². The summed E-state index contributed by atoms with van der Waals surface area (Å²) in [5.74, 6) is -1.77. The lowest BCUT2D eigenvalue weighted by molar-refractivity contribution is 0.279. The molecule has 1 aromatic carbocycles. The zero-order valence-corrected chi connectivity index (χ0v) is 11.3. The number of amidine groups is 1. The molecule has 1 aromatic rings. The van der Waals surface area contributed by atoms with Gasteiger partial charge in [-0.25, -0.2) is 4.39 Å². The van der Waals surface area contributed by atoms with E-state index in [0.29, 0.717) is 13.0 Å². The van der Waals surface area contributed by atoms with Crippen molar-refractivity contribution in [3.05, 3.63) is 29.8 Å². The van der Waals surface area contributed by atoms with E-state index in [0.717, 1.165) is 18.9 Å². The monoisotopic (exact) mass is 270 g/mol. The van der Waals surface area contributed by atoms with Crippen LogP contribution in [0.2, 0.25) is 0 Å². The van der Waals surface area contributed by atoms with Gasteiger partial charge in [-0.1, -0.05) is 19.9 Å². The summed E-state index contributed by atoms with van der Waals surface area (Å²) in [7, 11) is 0. The van der Waals surface area contributed by atoms with Crippen molar-refractivity contribution in [1.29, 1.82) is 5.41 Å². The van der Waals surface area contributed by atoms with Crippen LogP contribution in [0.25, 0.3) is 0 Å². The lowest BCUT2D eigenvalue weighted by Gasteiger charge is -2.22. The smallest absolute Gasteiger partial charge is 0.200 e. The second-order valence-corrected chi connectivity index (χ2v) is 5.16. The summed E-state index contributed by atoms with van der Waals surface area (Å²) in [4.78, 5) is 0. The number of nitrogens with one attached hydrogen (secondary N) is 1. The summed E-state index contributed by atoms with van der Waals surface area (Å²) in [6, 6.07) is 3.86. The van der Waals surface area contributed by atoms with Crippen LogP contribution in [-0.4, -0.2) is 12.4 Å². The molecule has 5 heteroatoms. The van der Waals surface area contributed by atoms with Crippen LogP contribution >= 0.6 is 0 Å². The van der Waals surface area contributed by atoms with Crippen molar-refractivity contribution in [3.8, 4) is 5.75 Å². The number of ether oxygens (including phenoxy) is 1. The third kappa shape index (κ3) is 4.50. The van der Waals surface area contributed by atoms with E-state index in [1.807, 2.05) is 13.8 Å². The van der Waals surface area contributed by atoms with Gasteiger partial charge >= 0.3 is 0 Å². The van der Waals surface area contributed by atoms with Crippen LogP contribution < -0.4 is 10.5 Å². The summed E-state index contributed by atoms with van der Waals surface area (Å²) >= 11 is 0. The van der Waals surface area contributed by atoms with Gasteiger partial charge < -0.3 is 10.5 Å². The number of hydrogen-bond acceptors (Lipinski definition) is 2. The molecule has 3 N–H and O–H groups in total. The normalized spacial score (nSPS) is 11.4. The van der Waals surface area contributed by atoms with Crippen LogP contribution in [0.1, 0.15) is 33.1 Å². The zero-order valence-electron chi connectivity index (χ0n) is 11.3. The maximum Gasteiger partial charge on any atom is 0.200 e. The van der Waals surface area contributed by atoms with Gasteiger partial charge in [0.2, 0.25) is 5.82 Å². The third-order valence-electron chi connectivity index (χ3n) is 3.10. The molecule has 0 atom stereocenters. The van der Waals surface area contributed by atoms with Gasteiger partial charge in [-0.2, -0.15) is 4.39 Å². The fraction of sp³-hybridized carbons (Fsp3) is 0.500. The molecule has 0 bridgehead atoms. The molecule has 0 unspecified atom stereocenters. The van der Waals surface area contributed by atoms with Crippen molar-refractivity contribution in [2.24, 2.45) is 11.1 Å². The second kappa shape index (κ2) is 6.50. The summed E-state index contributed by atoms with van der Waals surface area (Å²) in [5.41, 5.74) is 5.14. The maximum atomic E-state index is 13.3. The van der Waals surface area contributed by atoms with Gasteiger partial charge in [0.05, 0.1) is 12.4 Å². The van der Waals surface area contributed by atoms with Crippen molar-refractivity contribution >= 4 is 5.84 Å². The number of nitrogens with two attached hydrogens (primary N) is 1. The predicted octanol–water partition coefficient (Wildman–Crippen LogP) is 3.48. The Kier molecular flexibility index (Phi) is 5.27. The van der Waals surface area contributed by atoms with Crippen LogP contribution in [0.4, 0.5) is 8.78 Å². The zero-order chi connectivity index (χ0) is 14.5. The van der Waals surface area contributed by atoms with Crippen molar-refractivity contribution in [2.45, 2.75) is 33.1 Å². The van der Waals surface area contributed by atoms with Gasteiger partial charge in [-0.3, -0.25) is 5.41 Å². The average molecular weight is 270 g/mol. The number of halogens is 2. The highest BCUT2D eigenvalue weighted by atomic mass is 19.2. The molecule has 0 fully saturated rings. The molecule has 0 spiro atoms. The molecule has 106 valence electrons. The Morgan fingerprint density at radius 2 is 2.00 bits per heavy atom. The molecule has 0 aliphatic carbocycles. The molecule has 1 rings (SSSR count). The highest BCUT2D eigenvalue weighted by molar-refractivity contribution is 5.82.